The number of carbonyl (C=O) groups is 2. The first-order valence-corrected chi connectivity index (χ1v) is 11.9. The first-order chi connectivity index (χ1) is 14.7. The Morgan fingerprint density at radius 1 is 0.600 bits per heavy atom. The molecule has 156 valence electrons. The van der Waals surface area contributed by atoms with E-state index in [4.69, 9.17) is 0 Å². The molecule has 4 atom stereocenters. The third-order valence-electron chi connectivity index (χ3n) is 8.36. The molecule has 4 aliphatic carbocycles. The van der Waals surface area contributed by atoms with E-state index in [9.17, 15) is 9.59 Å². The van der Waals surface area contributed by atoms with E-state index in [0.29, 0.717) is 23.7 Å². The predicted octanol–water partition coefficient (Wildman–Crippen LogP) is 5.59. The Kier molecular flexibility index (Phi) is 4.36. The van der Waals surface area contributed by atoms with Crippen molar-refractivity contribution in [1.82, 2.24) is 0 Å². The molecule has 2 amide bonds. The predicted molar refractivity (Wildman–Crippen MR) is 119 cm³/mol. The van der Waals surface area contributed by atoms with E-state index in [1.54, 1.807) is 0 Å². The highest BCUT2D eigenvalue weighted by Gasteiger charge is 2.55. The van der Waals surface area contributed by atoms with Crippen molar-refractivity contribution < 1.29 is 9.59 Å². The van der Waals surface area contributed by atoms with Gasteiger partial charge in [-0.15, -0.1) is 0 Å². The van der Waals surface area contributed by atoms with Crippen LogP contribution in [0, 0.1) is 35.5 Å². The molecule has 2 aromatic carbocycles. The van der Waals surface area contributed by atoms with Crippen LogP contribution >= 0.6 is 0 Å². The number of rotatable bonds is 4. The number of amides is 2. The summed E-state index contributed by atoms with van der Waals surface area (Å²) in [7, 11) is 0. The fourth-order valence-electron chi connectivity index (χ4n) is 6.72. The molecule has 2 aromatic rings. The number of nitrogens with one attached hydrogen (secondary N) is 2. The van der Waals surface area contributed by atoms with Gasteiger partial charge in [0.1, 0.15) is 0 Å². The molecule has 0 aromatic heterocycles. The van der Waals surface area contributed by atoms with Crippen LogP contribution < -0.4 is 10.6 Å². The van der Waals surface area contributed by atoms with Gasteiger partial charge >= 0.3 is 0 Å². The summed E-state index contributed by atoms with van der Waals surface area (Å²) in [6, 6.07) is 12.0. The molecule has 30 heavy (non-hydrogen) atoms. The van der Waals surface area contributed by atoms with Crippen LogP contribution in [0.3, 0.4) is 0 Å². The lowest BCUT2D eigenvalue weighted by molar-refractivity contribution is -0.118. The van der Waals surface area contributed by atoms with Gasteiger partial charge in [0, 0.05) is 34.0 Å². The second kappa shape index (κ2) is 7.11. The minimum Gasteiger partial charge on any atom is -0.325 e. The second-order valence-corrected chi connectivity index (χ2v) is 9.96. The Labute approximate surface area is 177 Å². The van der Waals surface area contributed by atoms with Crippen LogP contribution in [-0.4, -0.2) is 11.8 Å². The van der Waals surface area contributed by atoms with E-state index in [0.717, 1.165) is 22.1 Å². The number of fused-ring (bicyclic) bond motifs is 3. The Bertz CT molecular complexity index is 910. The van der Waals surface area contributed by atoms with Gasteiger partial charge in [-0.1, -0.05) is 49.9 Å². The van der Waals surface area contributed by atoms with E-state index in [-0.39, 0.29) is 23.7 Å². The van der Waals surface area contributed by atoms with Crippen LogP contribution in [0.1, 0.15) is 51.4 Å². The molecule has 0 unspecified atom stereocenters. The third-order valence-corrected chi connectivity index (χ3v) is 8.36. The van der Waals surface area contributed by atoms with Crippen molar-refractivity contribution in [2.75, 3.05) is 10.6 Å². The Morgan fingerprint density at radius 2 is 0.967 bits per heavy atom. The SMILES string of the molecule is O=C(Nc1cccc2c(NC(=O)C3[C@@H]4CCCC[C@@H]34)cccc12)C1[C@H]2CCCC[C@H]12. The first-order valence-electron chi connectivity index (χ1n) is 11.9. The van der Waals surface area contributed by atoms with Gasteiger partial charge in [-0.2, -0.15) is 0 Å². The first kappa shape index (κ1) is 18.4. The summed E-state index contributed by atoms with van der Waals surface area (Å²) in [4.78, 5) is 25.8. The summed E-state index contributed by atoms with van der Waals surface area (Å²) in [5, 5.41) is 8.42. The van der Waals surface area contributed by atoms with E-state index in [1.807, 2.05) is 36.4 Å². The summed E-state index contributed by atoms with van der Waals surface area (Å²) in [6.45, 7) is 0. The zero-order valence-electron chi connectivity index (χ0n) is 17.4. The molecule has 4 saturated carbocycles. The zero-order chi connectivity index (χ0) is 20.2. The normalized spacial score (nSPS) is 33.9. The van der Waals surface area contributed by atoms with Gasteiger partial charge < -0.3 is 10.6 Å². The highest BCUT2D eigenvalue weighted by Crippen LogP contribution is 2.56. The maximum atomic E-state index is 12.9. The minimum atomic E-state index is 0.177. The van der Waals surface area contributed by atoms with E-state index < -0.39 is 0 Å². The van der Waals surface area contributed by atoms with Gasteiger partial charge in [0.25, 0.3) is 0 Å². The van der Waals surface area contributed by atoms with Crippen molar-refractivity contribution in [3.05, 3.63) is 36.4 Å². The third kappa shape index (κ3) is 3.03. The molecule has 0 saturated heterocycles. The molecular formula is C26H30N2O2. The smallest absolute Gasteiger partial charge is 0.228 e. The summed E-state index contributed by atoms with van der Waals surface area (Å²) >= 11 is 0. The second-order valence-electron chi connectivity index (χ2n) is 9.96. The van der Waals surface area contributed by atoms with Gasteiger partial charge in [0.15, 0.2) is 0 Å². The average molecular weight is 403 g/mol. The molecular weight excluding hydrogens is 372 g/mol. The molecule has 2 N–H and O–H groups in total. The lowest BCUT2D eigenvalue weighted by Crippen LogP contribution is -2.17. The largest absolute Gasteiger partial charge is 0.325 e. The zero-order valence-corrected chi connectivity index (χ0v) is 17.4. The number of anilines is 2. The van der Waals surface area contributed by atoms with Crippen LogP contribution in [0.4, 0.5) is 11.4 Å². The van der Waals surface area contributed by atoms with Crippen LogP contribution in [0.2, 0.25) is 0 Å². The van der Waals surface area contributed by atoms with Crippen molar-refractivity contribution in [3.63, 3.8) is 0 Å². The summed E-state index contributed by atoms with van der Waals surface area (Å²) in [5.74, 6) is 3.16. The topological polar surface area (TPSA) is 58.2 Å². The maximum absolute atomic E-state index is 12.9. The Hall–Kier alpha value is -2.36. The maximum Gasteiger partial charge on any atom is 0.228 e. The van der Waals surface area contributed by atoms with Gasteiger partial charge in [0.2, 0.25) is 11.8 Å². The van der Waals surface area contributed by atoms with Crippen LogP contribution in [0.5, 0.6) is 0 Å². The molecule has 0 spiro atoms. The van der Waals surface area contributed by atoms with Crippen molar-refractivity contribution in [2.24, 2.45) is 35.5 Å². The molecule has 0 heterocycles. The highest BCUT2D eigenvalue weighted by atomic mass is 16.2. The lowest BCUT2D eigenvalue weighted by Gasteiger charge is -2.13. The molecule has 6 rings (SSSR count). The van der Waals surface area contributed by atoms with Crippen LogP contribution in [0.25, 0.3) is 10.8 Å². The minimum absolute atomic E-state index is 0.177. The highest BCUT2D eigenvalue weighted by molar-refractivity contribution is 6.10. The molecule has 0 bridgehead atoms. The van der Waals surface area contributed by atoms with E-state index in [1.165, 1.54) is 51.4 Å². The fourth-order valence-corrected chi connectivity index (χ4v) is 6.72. The van der Waals surface area contributed by atoms with Crippen LogP contribution in [0.15, 0.2) is 36.4 Å². The number of hydrogen-bond donors (Lipinski definition) is 2. The van der Waals surface area contributed by atoms with Gasteiger partial charge in [-0.3, -0.25) is 9.59 Å². The molecule has 4 fully saturated rings. The molecule has 4 aliphatic rings. The van der Waals surface area contributed by atoms with Gasteiger partial charge in [0.05, 0.1) is 0 Å². The van der Waals surface area contributed by atoms with Crippen molar-refractivity contribution in [2.45, 2.75) is 51.4 Å². The Morgan fingerprint density at radius 3 is 1.33 bits per heavy atom. The van der Waals surface area contributed by atoms with Gasteiger partial charge in [-0.25, -0.2) is 0 Å². The number of carbonyl (C=O) groups excluding carboxylic acids is 2. The summed E-state index contributed by atoms with van der Waals surface area (Å²) in [6.07, 6.45) is 9.90. The molecule has 4 heteroatoms. The molecule has 0 radical (unpaired) electrons. The van der Waals surface area contributed by atoms with E-state index in [2.05, 4.69) is 10.6 Å². The van der Waals surface area contributed by atoms with Crippen molar-refractivity contribution in [1.29, 1.82) is 0 Å². The number of benzene rings is 2. The summed E-state index contributed by atoms with van der Waals surface area (Å²) < 4.78 is 0. The molecule has 0 aliphatic heterocycles. The quantitative estimate of drug-likeness (QED) is 0.700. The van der Waals surface area contributed by atoms with Gasteiger partial charge in [-0.05, 0) is 61.5 Å². The fraction of sp³-hybridized carbons (Fsp3) is 0.538. The Balaban J connectivity index is 1.21. The van der Waals surface area contributed by atoms with E-state index >= 15 is 0 Å². The summed E-state index contributed by atoms with van der Waals surface area (Å²) in [5.41, 5.74) is 1.72. The van der Waals surface area contributed by atoms with Crippen LogP contribution in [-0.2, 0) is 9.59 Å². The lowest BCUT2D eigenvalue weighted by atomic mass is 10.0. The van der Waals surface area contributed by atoms with Crippen molar-refractivity contribution >= 4 is 34.0 Å². The standard InChI is InChI=1S/C26H30N2O2/c29-25(23-17-7-1-2-8-18(17)23)27-21-13-5-12-16-15(21)11-6-14-22(16)28-26(30)24-19-9-3-4-10-20(19)24/h5-6,11-14,17-20,23-24H,1-4,7-10H2,(H,27,29)(H,28,30)/t17-,18-,19+,20+. The number of hydrogen-bond acceptors (Lipinski definition) is 2. The molecule has 4 nitrogen and oxygen atoms in total. The van der Waals surface area contributed by atoms with Crippen molar-refractivity contribution in [3.8, 4) is 0 Å². The average Bonchev–Trinajstić information content (AvgIpc) is 3.67. The monoisotopic (exact) mass is 402 g/mol.